The van der Waals surface area contributed by atoms with Crippen LogP contribution in [0.2, 0.25) is 0 Å². The lowest BCUT2D eigenvalue weighted by molar-refractivity contribution is -0.135. The number of carbonyl (C=O) groups is 1. The molecular weight excluding hydrogens is 302 g/mol. The average Bonchev–Trinajstić information content (AvgIpc) is 3.30. The Morgan fingerprint density at radius 2 is 2.00 bits per heavy atom. The molecule has 0 N–H and O–H groups in total. The van der Waals surface area contributed by atoms with Crippen LogP contribution in [0.5, 0.6) is 0 Å². The Kier molecular flexibility index (Phi) is 4.27. The van der Waals surface area contributed by atoms with Crippen LogP contribution >= 0.6 is 0 Å². The Hall–Kier alpha value is -1.88. The normalized spacial score (nSPS) is 23.7. The Balaban J connectivity index is 1.47. The van der Waals surface area contributed by atoms with Gasteiger partial charge < -0.3 is 9.32 Å². The summed E-state index contributed by atoms with van der Waals surface area (Å²) in [7, 11) is 0. The van der Waals surface area contributed by atoms with Crippen molar-refractivity contribution in [3.05, 3.63) is 30.2 Å². The summed E-state index contributed by atoms with van der Waals surface area (Å²) in [5.41, 5.74) is 1.77. The number of likely N-dealkylation sites (tertiary alicyclic amines) is 2. The van der Waals surface area contributed by atoms with Gasteiger partial charge in [-0.15, -0.1) is 0 Å². The fourth-order valence-corrected chi connectivity index (χ4v) is 3.98. The van der Waals surface area contributed by atoms with E-state index >= 15 is 0 Å². The lowest BCUT2D eigenvalue weighted by Gasteiger charge is -2.36. The number of hydrogen-bond donors (Lipinski definition) is 0. The van der Waals surface area contributed by atoms with Crippen molar-refractivity contribution in [2.75, 3.05) is 26.2 Å². The van der Waals surface area contributed by atoms with Crippen molar-refractivity contribution in [3.8, 4) is 0 Å². The first-order valence-electron chi connectivity index (χ1n) is 9.10. The van der Waals surface area contributed by atoms with Crippen LogP contribution in [0.3, 0.4) is 0 Å². The van der Waals surface area contributed by atoms with E-state index in [9.17, 15) is 4.79 Å². The van der Waals surface area contributed by atoms with E-state index in [4.69, 9.17) is 4.42 Å². The first-order chi connectivity index (χ1) is 11.7. The van der Waals surface area contributed by atoms with Crippen molar-refractivity contribution in [2.45, 2.75) is 44.6 Å². The van der Waals surface area contributed by atoms with E-state index in [0.717, 1.165) is 68.9 Å². The smallest absolute Gasteiger partial charge is 0.239 e. The van der Waals surface area contributed by atoms with Gasteiger partial charge in [0.15, 0.2) is 11.5 Å². The van der Waals surface area contributed by atoms with E-state index in [1.807, 2.05) is 29.2 Å². The number of amides is 1. The van der Waals surface area contributed by atoms with Crippen LogP contribution in [0.25, 0.3) is 11.1 Å². The first kappa shape index (κ1) is 15.6. The molecule has 0 saturated carbocycles. The molecular formula is C19H25N3O2. The van der Waals surface area contributed by atoms with Gasteiger partial charge in [-0.3, -0.25) is 9.69 Å². The molecule has 2 unspecified atom stereocenters. The minimum atomic E-state index is -0.0460. The molecule has 3 heterocycles. The number of hydrogen-bond acceptors (Lipinski definition) is 4. The number of nitrogens with zero attached hydrogens (tertiary/aromatic N) is 3. The number of benzene rings is 1. The molecule has 5 heteroatoms. The third kappa shape index (κ3) is 2.93. The van der Waals surface area contributed by atoms with Crippen molar-refractivity contribution in [1.82, 2.24) is 14.8 Å². The van der Waals surface area contributed by atoms with Gasteiger partial charge in [-0.2, -0.15) is 0 Å². The Bertz CT molecular complexity index is 687. The predicted molar refractivity (Wildman–Crippen MR) is 92.8 cm³/mol. The van der Waals surface area contributed by atoms with E-state index in [0.29, 0.717) is 0 Å². The van der Waals surface area contributed by atoms with Gasteiger partial charge in [-0.25, -0.2) is 4.98 Å². The molecule has 2 aliphatic rings. The zero-order valence-electron chi connectivity index (χ0n) is 14.3. The summed E-state index contributed by atoms with van der Waals surface area (Å²) in [6, 6.07) is 7.86. The molecule has 2 aliphatic heterocycles. The maximum absolute atomic E-state index is 12.7. The van der Waals surface area contributed by atoms with Crippen molar-refractivity contribution >= 4 is 17.0 Å². The maximum atomic E-state index is 12.7. The van der Waals surface area contributed by atoms with Gasteiger partial charge in [0, 0.05) is 25.6 Å². The number of carbonyl (C=O) groups excluding carboxylic acids is 1. The Labute approximate surface area is 142 Å². The third-order valence-electron chi connectivity index (χ3n) is 5.44. The van der Waals surface area contributed by atoms with E-state index < -0.39 is 0 Å². The van der Waals surface area contributed by atoms with Gasteiger partial charge in [-0.05, 0) is 51.3 Å². The van der Waals surface area contributed by atoms with Gasteiger partial charge in [0.1, 0.15) is 5.52 Å². The number of piperidine rings is 1. The molecule has 4 rings (SSSR count). The fraction of sp³-hybridized carbons (Fsp3) is 0.579. The lowest BCUT2D eigenvalue weighted by Crippen LogP contribution is -2.49. The molecule has 2 atom stereocenters. The van der Waals surface area contributed by atoms with E-state index in [1.54, 1.807) is 0 Å². The second kappa shape index (κ2) is 6.55. The first-order valence-corrected chi connectivity index (χ1v) is 9.10. The van der Waals surface area contributed by atoms with E-state index in [-0.39, 0.29) is 17.9 Å². The van der Waals surface area contributed by atoms with Crippen LogP contribution in [-0.4, -0.2) is 52.9 Å². The zero-order valence-corrected chi connectivity index (χ0v) is 14.3. The van der Waals surface area contributed by atoms with Crippen molar-refractivity contribution < 1.29 is 9.21 Å². The van der Waals surface area contributed by atoms with Crippen molar-refractivity contribution in [1.29, 1.82) is 0 Å². The molecule has 2 fully saturated rings. The molecule has 1 aromatic carbocycles. The van der Waals surface area contributed by atoms with Gasteiger partial charge in [0.2, 0.25) is 5.91 Å². The van der Waals surface area contributed by atoms with Gasteiger partial charge >= 0.3 is 0 Å². The van der Waals surface area contributed by atoms with Gasteiger partial charge in [0.25, 0.3) is 0 Å². The van der Waals surface area contributed by atoms with Crippen LogP contribution < -0.4 is 0 Å². The summed E-state index contributed by atoms with van der Waals surface area (Å²) in [6.45, 7) is 5.73. The SMILES string of the molecule is CC(C(=O)N1CCCC1)N1CCCC(c2nc3ccccc3o2)C1. The third-order valence-corrected chi connectivity index (χ3v) is 5.44. The minimum Gasteiger partial charge on any atom is -0.440 e. The quantitative estimate of drug-likeness (QED) is 0.869. The summed E-state index contributed by atoms with van der Waals surface area (Å²) < 4.78 is 5.96. The standard InChI is InChI=1S/C19H25N3O2/c1-14(19(23)21-10-4-5-11-21)22-12-6-7-15(13-22)18-20-16-8-2-3-9-17(16)24-18/h2-3,8-9,14-15H,4-7,10-13H2,1H3. The van der Waals surface area contributed by atoms with Crippen LogP contribution in [0, 0.1) is 0 Å². The van der Waals surface area contributed by atoms with Crippen LogP contribution in [-0.2, 0) is 4.79 Å². The molecule has 0 bridgehead atoms. The number of rotatable bonds is 3. The molecule has 24 heavy (non-hydrogen) atoms. The highest BCUT2D eigenvalue weighted by atomic mass is 16.3. The van der Waals surface area contributed by atoms with E-state index in [1.165, 1.54) is 0 Å². The lowest BCUT2D eigenvalue weighted by atomic mass is 9.96. The second-order valence-electron chi connectivity index (χ2n) is 7.06. The molecule has 1 amide bonds. The predicted octanol–water partition coefficient (Wildman–Crippen LogP) is 3.02. The fourth-order valence-electron chi connectivity index (χ4n) is 3.98. The van der Waals surface area contributed by atoms with Crippen molar-refractivity contribution in [2.24, 2.45) is 0 Å². The minimum absolute atomic E-state index is 0.0460. The molecule has 5 nitrogen and oxygen atoms in total. The van der Waals surface area contributed by atoms with Gasteiger partial charge in [0.05, 0.1) is 6.04 Å². The molecule has 0 spiro atoms. The van der Waals surface area contributed by atoms with Crippen molar-refractivity contribution in [3.63, 3.8) is 0 Å². The number of fused-ring (bicyclic) bond motifs is 1. The maximum Gasteiger partial charge on any atom is 0.239 e. The van der Waals surface area contributed by atoms with Crippen LogP contribution in [0.15, 0.2) is 28.7 Å². The highest BCUT2D eigenvalue weighted by Crippen LogP contribution is 2.30. The number of oxazole rings is 1. The highest BCUT2D eigenvalue weighted by molar-refractivity contribution is 5.81. The molecule has 2 aromatic rings. The highest BCUT2D eigenvalue weighted by Gasteiger charge is 2.33. The van der Waals surface area contributed by atoms with Gasteiger partial charge in [-0.1, -0.05) is 12.1 Å². The Morgan fingerprint density at radius 1 is 1.21 bits per heavy atom. The number of para-hydroxylation sites is 2. The summed E-state index contributed by atoms with van der Waals surface area (Å²) >= 11 is 0. The summed E-state index contributed by atoms with van der Waals surface area (Å²) in [5, 5.41) is 0. The topological polar surface area (TPSA) is 49.6 Å². The average molecular weight is 327 g/mol. The molecule has 2 saturated heterocycles. The Morgan fingerprint density at radius 3 is 2.79 bits per heavy atom. The molecule has 0 radical (unpaired) electrons. The molecule has 1 aromatic heterocycles. The molecule has 0 aliphatic carbocycles. The zero-order chi connectivity index (χ0) is 16.5. The summed E-state index contributed by atoms with van der Waals surface area (Å²) in [5.74, 6) is 1.38. The summed E-state index contributed by atoms with van der Waals surface area (Å²) in [4.78, 5) is 21.7. The van der Waals surface area contributed by atoms with Crippen LogP contribution in [0.1, 0.15) is 44.4 Å². The summed E-state index contributed by atoms with van der Waals surface area (Å²) in [6.07, 6.45) is 4.45. The second-order valence-corrected chi connectivity index (χ2v) is 7.06. The molecule has 128 valence electrons. The number of aromatic nitrogens is 1. The monoisotopic (exact) mass is 327 g/mol. The van der Waals surface area contributed by atoms with E-state index in [2.05, 4.69) is 16.8 Å². The largest absolute Gasteiger partial charge is 0.440 e. The van der Waals surface area contributed by atoms with Crippen LogP contribution in [0.4, 0.5) is 0 Å².